The van der Waals surface area contributed by atoms with E-state index in [0.717, 1.165) is 38.5 Å². The number of aliphatic hydroxyl groups excluding tert-OH is 4. The number of amides is 9. The van der Waals surface area contributed by atoms with Crippen LogP contribution in [0, 0.1) is 5.92 Å². The number of carbonyl (C=O) groups excluding carboxylic acids is 8. The van der Waals surface area contributed by atoms with E-state index in [0.29, 0.717) is 37.8 Å². The topological polar surface area (TPSA) is 332 Å². The molecule has 12 N–H and O–H groups in total. The zero-order valence-electron chi connectivity index (χ0n) is 55.6. The molecule has 0 aromatic heterocycles. The lowest BCUT2D eigenvalue weighted by molar-refractivity contribution is -0.301. The lowest BCUT2D eigenvalue weighted by atomic mass is 9.99. The molecule has 22 heteroatoms. The van der Waals surface area contributed by atoms with Gasteiger partial charge in [0.15, 0.2) is 6.29 Å². The van der Waals surface area contributed by atoms with Crippen molar-refractivity contribution in [1.29, 1.82) is 0 Å². The molecule has 1 saturated heterocycles. The Kier molecular flexibility index (Phi) is 46.1. The molecule has 1 aliphatic rings. The number of nitrogens with one attached hydrogen (secondary N) is 8. The zero-order valence-corrected chi connectivity index (χ0v) is 55.6. The Hall–Kier alpha value is -5.26. The Bertz CT molecular complexity index is 2120. The molecule has 0 saturated carbocycles. The molecule has 1 aliphatic heterocycles. The van der Waals surface area contributed by atoms with Gasteiger partial charge in [-0.1, -0.05) is 212 Å². The van der Waals surface area contributed by atoms with Gasteiger partial charge in [-0.15, -0.1) is 0 Å². The van der Waals surface area contributed by atoms with Crippen LogP contribution in [0.1, 0.15) is 252 Å². The molecule has 2 rings (SSSR count). The first kappa shape index (κ1) is 80.8. The molecule has 1 heterocycles. The van der Waals surface area contributed by atoms with Crippen LogP contribution in [0.25, 0.3) is 0 Å². The van der Waals surface area contributed by atoms with Gasteiger partial charge in [-0.25, -0.2) is 4.79 Å². The van der Waals surface area contributed by atoms with Crippen LogP contribution >= 0.6 is 0 Å². The fourth-order valence-corrected chi connectivity index (χ4v) is 10.8. The number of hydrogen-bond acceptors (Lipinski definition) is 14. The van der Waals surface area contributed by atoms with Crippen molar-refractivity contribution in [2.45, 2.75) is 308 Å². The number of urea groups is 1. The molecule has 90 heavy (non-hydrogen) atoms. The molecule has 0 aliphatic carbocycles. The summed E-state index contributed by atoms with van der Waals surface area (Å²) in [5, 5.41) is 60.7. The normalized spacial score (nSPS) is 17.7. The first-order valence-electron chi connectivity index (χ1n) is 34.7. The van der Waals surface area contributed by atoms with E-state index in [-0.39, 0.29) is 63.0 Å². The maximum atomic E-state index is 14.1. The monoisotopic (exact) mass is 1270 g/mol. The van der Waals surface area contributed by atoms with Gasteiger partial charge in [-0.2, -0.15) is 0 Å². The van der Waals surface area contributed by atoms with Crippen LogP contribution in [-0.4, -0.2) is 156 Å². The highest BCUT2D eigenvalue weighted by atomic mass is 16.7. The number of carbonyl (C=O) groups is 8. The van der Waals surface area contributed by atoms with E-state index in [1.54, 1.807) is 30.3 Å². The van der Waals surface area contributed by atoms with E-state index in [1.165, 1.54) is 129 Å². The zero-order chi connectivity index (χ0) is 66.2. The first-order valence-corrected chi connectivity index (χ1v) is 34.7. The maximum Gasteiger partial charge on any atom is 0.315 e. The summed E-state index contributed by atoms with van der Waals surface area (Å²) in [4.78, 5) is 107. The lowest BCUT2D eigenvalue weighted by Crippen LogP contribution is -2.59. The minimum absolute atomic E-state index is 0.0133. The quantitative estimate of drug-likeness (QED) is 0.0279. The van der Waals surface area contributed by atoms with Crippen molar-refractivity contribution in [3.05, 3.63) is 35.9 Å². The minimum Gasteiger partial charge on any atom is -0.394 e. The van der Waals surface area contributed by atoms with Gasteiger partial charge in [0.05, 0.1) is 19.8 Å². The summed E-state index contributed by atoms with van der Waals surface area (Å²) in [5.74, 6) is -4.15. The molecule has 0 radical (unpaired) electrons. The molecular formula is C68H120N8O14. The third kappa shape index (κ3) is 38.6. The van der Waals surface area contributed by atoms with E-state index >= 15 is 0 Å². The van der Waals surface area contributed by atoms with Gasteiger partial charge in [0.1, 0.15) is 48.6 Å². The Morgan fingerprint density at radius 3 is 1.52 bits per heavy atom. The summed E-state index contributed by atoms with van der Waals surface area (Å²) in [6, 6.07) is 3.41. The third-order valence-electron chi connectivity index (χ3n) is 16.3. The summed E-state index contributed by atoms with van der Waals surface area (Å²) in [5.41, 5.74) is 0.686. The van der Waals surface area contributed by atoms with Gasteiger partial charge in [0, 0.05) is 32.4 Å². The summed E-state index contributed by atoms with van der Waals surface area (Å²) in [6.07, 6.45) is 26.2. The summed E-state index contributed by atoms with van der Waals surface area (Å²) >= 11 is 0. The summed E-state index contributed by atoms with van der Waals surface area (Å²) in [6.45, 7) is 8.83. The van der Waals surface area contributed by atoms with Gasteiger partial charge >= 0.3 is 6.03 Å². The molecule has 1 fully saturated rings. The number of rotatable bonds is 53. The summed E-state index contributed by atoms with van der Waals surface area (Å²) in [7, 11) is 0. The average Bonchev–Trinajstić information content (AvgIpc) is 1.18. The van der Waals surface area contributed by atoms with Crippen LogP contribution in [0.5, 0.6) is 0 Å². The fourth-order valence-electron chi connectivity index (χ4n) is 10.8. The Morgan fingerprint density at radius 1 is 0.489 bits per heavy atom. The molecule has 0 unspecified atom stereocenters. The van der Waals surface area contributed by atoms with Gasteiger partial charge in [0.2, 0.25) is 41.4 Å². The average molecular weight is 1270 g/mol. The molecule has 9 atom stereocenters. The molecular weight excluding hydrogens is 1150 g/mol. The summed E-state index contributed by atoms with van der Waals surface area (Å²) < 4.78 is 10.7. The van der Waals surface area contributed by atoms with Gasteiger partial charge in [-0.3, -0.25) is 38.9 Å². The number of hydrogen-bond donors (Lipinski definition) is 12. The first-order chi connectivity index (χ1) is 43.4. The van der Waals surface area contributed by atoms with Crippen LogP contribution in [0.15, 0.2) is 30.3 Å². The second-order valence-corrected chi connectivity index (χ2v) is 25.1. The molecule has 516 valence electrons. The number of ether oxygens (including phenoxy) is 2. The minimum atomic E-state index is -1.60. The number of benzene rings is 1. The van der Waals surface area contributed by atoms with Gasteiger partial charge < -0.3 is 67.1 Å². The highest BCUT2D eigenvalue weighted by molar-refractivity contribution is 6.02. The van der Waals surface area contributed by atoms with Crippen LogP contribution < -0.4 is 42.5 Å². The number of imide groups is 1. The van der Waals surface area contributed by atoms with E-state index in [2.05, 4.69) is 56.4 Å². The predicted molar refractivity (Wildman–Crippen MR) is 349 cm³/mol. The predicted octanol–water partition coefficient (Wildman–Crippen LogP) is 7.63. The second-order valence-electron chi connectivity index (χ2n) is 25.1. The molecule has 1 aromatic rings. The molecule has 0 spiro atoms. The van der Waals surface area contributed by atoms with Crippen molar-refractivity contribution in [2.75, 3.05) is 32.8 Å². The van der Waals surface area contributed by atoms with Crippen molar-refractivity contribution in [3.8, 4) is 0 Å². The van der Waals surface area contributed by atoms with Crippen LogP contribution in [0.2, 0.25) is 0 Å². The van der Waals surface area contributed by atoms with E-state index < -0.39 is 104 Å². The Balaban J connectivity index is 1.97. The van der Waals surface area contributed by atoms with E-state index in [4.69, 9.17) is 9.47 Å². The van der Waals surface area contributed by atoms with Crippen molar-refractivity contribution in [2.24, 2.45) is 5.92 Å². The molecule has 1 aromatic carbocycles. The highest BCUT2D eigenvalue weighted by Gasteiger charge is 2.44. The highest BCUT2D eigenvalue weighted by Crippen LogP contribution is 2.22. The SMILES string of the molecule is CCCCCCCCCCCCCCCC(=O)NCCCC[C@H](NC(=O)CCCCCCCCCCCCCCC)C(=O)NC(=O)[C@H](C)NC(=O)[C@H](CC(C)C)NC(=O)[C@H](Cc1ccccc1)NC(=O)CNC(=O)NCCCO[C@@H]1O[C@H](CO)[C@H](O)[C@H](O)[C@H]1O. The van der Waals surface area contributed by atoms with Gasteiger partial charge in [0.25, 0.3) is 0 Å². The smallest absolute Gasteiger partial charge is 0.315 e. The third-order valence-corrected chi connectivity index (χ3v) is 16.3. The van der Waals surface area contributed by atoms with Crippen LogP contribution in [0.3, 0.4) is 0 Å². The van der Waals surface area contributed by atoms with E-state index in [9.17, 15) is 58.8 Å². The van der Waals surface area contributed by atoms with Gasteiger partial charge in [-0.05, 0) is 63.4 Å². The second kappa shape index (κ2) is 51.3. The van der Waals surface area contributed by atoms with Crippen LogP contribution in [0.4, 0.5) is 4.79 Å². The largest absolute Gasteiger partial charge is 0.394 e. The van der Waals surface area contributed by atoms with Crippen LogP contribution in [-0.2, 0) is 49.5 Å². The van der Waals surface area contributed by atoms with Crippen molar-refractivity contribution < 1.29 is 68.3 Å². The Morgan fingerprint density at radius 2 is 0.989 bits per heavy atom. The van der Waals surface area contributed by atoms with Crippen molar-refractivity contribution >= 4 is 47.4 Å². The molecule has 9 amide bonds. The van der Waals surface area contributed by atoms with E-state index in [1.807, 2.05) is 13.8 Å². The van der Waals surface area contributed by atoms with Crippen molar-refractivity contribution in [3.63, 3.8) is 0 Å². The molecule has 22 nitrogen and oxygen atoms in total. The number of aliphatic hydroxyl groups is 4. The maximum absolute atomic E-state index is 14.1. The fraction of sp³-hybridized carbons (Fsp3) is 0.794. The van der Waals surface area contributed by atoms with Crippen molar-refractivity contribution in [1.82, 2.24) is 42.5 Å². The standard InChI is InChI=1S/C68H120N8O14/c1-6-8-10-12-14-16-18-20-22-24-26-28-33-41-57(78)69-43-36-35-40-53(73-58(79)42-34-29-27-25-23-21-19-17-15-13-11-9-7-2)64(85)76-63(84)51(5)72-65(86)54(46-50(3)4)75-66(87)55(47-52-38-31-30-32-39-52)74-59(80)48-71-68(88)70-44-37-45-89-67-62(83)61(82)60(81)56(49-77)90-67/h30-32,38-39,50-51,53-56,60-62,67,77,81-83H,6-29,33-37,40-49H2,1-5H3,(H,69,78)(H,72,86)(H,73,79)(H,74,80)(H,75,87)(H2,70,71,88)(H,76,84,85)/t51-,53-,54-,55-,56+,60-,61-,62+,67+/m0/s1. The number of unbranched alkanes of at least 4 members (excludes halogenated alkanes) is 25. The lowest BCUT2D eigenvalue weighted by Gasteiger charge is -2.39. The molecule has 0 bridgehead atoms. The Labute approximate surface area is 538 Å².